The van der Waals surface area contributed by atoms with E-state index in [4.69, 9.17) is 0 Å². The molecule has 0 saturated carbocycles. The van der Waals surface area contributed by atoms with E-state index in [0.29, 0.717) is 13.1 Å². The minimum atomic E-state index is -0.457. The number of nitrogens with one attached hydrogen (secondary N) is 1. The van der Waals surface area contributed by atoms with Crippen LogP contribution in [0.25, 0.3) is 0 Å². The van der Waals surface area contributed by atoms with Gasteiger partial charge in [0.1, 0.15) is 0 Å². The van der Waals surface area contributed by atoms with Crippen LogP contribution in [-0.2, 0) is 22.4 Å². The van der Waals surface area contributed by atoms with Crippen LogP contribution in [0.2, 0.25) is 0 Å². The van der Waals surface area contributed by atoms with Crippen LogP contribution in [0.5, 0.6) is 0 Å². The first-order valence-corrected chi connectivity index (χ1v) is 9.40. The molecule has 1 unspecified atom stereocenters. The zero-order valence-corrected chi connectivity index (χ0v) is 14.6. The third-order valence-corrected chi connectivity index (χ3v) is 5.33. The van der Waals surface area contributed by atoms with Crippen LogP contribution in [0.4, 0.5) is 0 Å². The third-order valence-electron chi connectivity index (χ3n) is 5.33. The second kappa shape index (κ2) is 7.82. The predicted octanol–water partition coefficient (Wildman–Crippen LogP) is 3.15. The summed E-state index contributed by atoms with van der Waals surface area (Å²) in [7, 11) is 0. The summed E-state index contributed by atoms with van der Waals surface area (Å²) in [6.45, 7) is 3.47. The van der Waals surface area contributed by atoms with E-state index in [1.165, 1.54) is 24.0 Å². The molecule has 4 heteroatoms. The number of carbonyl (C=O) groups excluding carboxylic acids is 2. The number of piperidine rings is 1. The van der Waals surface area contributed by atoms with Crippen LogP contribution in [0.1, 0.15) is 68.2 Å². The van der Waals surface area contributed by atoms with Gasteiger partial charge in [-0.1, -0.05) is 25.1 Å². The summed E-state index contributed by atoms with van der Waals surface area (Å²) >= 11 is 0. The van der Waals surface area contributed by atoms with Gasteiger partial charge >= 0.3 is 11.8 Å². The summed E-state index contributed by atoms with van der Waals surface area (Å²) < 4.78 is 0. The molecular weight excluding hydrogens is 300 g/mol. The molecule has 0 radical (unpaired) electrons. The van der Waals surface area contributed by atoms with Crippen LogP contribution in [-0.4, -0.2) is 29.8 Å². The van der Waals surface area contributed by atoms with Crippen molar-refractivity contribution in [1.29, 1.82) is 0 Å². The molecule has 2 aliphatic rings. The normalized spacial score (nSPS) is 18.6. The van der Waals surface area contributed by atoms with Gasteiger partial charge in [0.15, 0.2) is 0 Å². The highest BCUT2D eigenvalue weighted by Crippen LogP contribution is 2.26. The molecule has 4 nitrogen and oxygen atoms in total. The van der Waals surface area contributed by atoms with E-state index in [0.717, 1.165) is 44.1 Å². The highest BCUT2D eigenvalue weighted by Gasteiger charge is 2.25. The Labute approximate surface area is 144 Å². The van der Waals surface area contributed by atoms with Gasteiger partial charge in [0.25, 0.3) is 0 Å². The fraction of sp³-hybridized carbons (Fsp3) is 0.600. The molecule has 1 heterocycles. The molecule has 2 amide bonds. The van der Waals surface area contributed by atoms with Crippen molar-refractivity contribution in [1.82, 2.24) is 10.2 Å². The topological polar surface area (TPSA) is 49.4 Å². The smallest absolute Gasteiger partial charge is 0.311 e. The number of aryl methyl sites for hydroxylation is 2. The predicted molar refractivity (Wildman–Crippen MR) is 94.7 cm³/mol. The zero-order chi connectivity index (χ0) is 16.9. The standard InChI is InChI=1S/C20H28N2O2/c1-2-18(17-11-10-15-8-4-5-9-16(15)14-17)21-19(23)20(24)22-12-6-3-7-13-22/h10-11,14,18H,2-9,12-13H2,1H3,(H,21,23). The van der Waals surface area contributed by atoms with Crippen molar-refractivity contribution >= 4 is 11.8 Å². The van der Waals surface area contributed by atoms with Crippen LogP contribution >= 0.6 is 0 Å². The van der Waals surface area contributed by atoms with Gasteiger partial charge in [-0.25, -0.2) is 0 Å². The maximum atomic E-state index is 12.4. The Kier molecular flexibility index (Phi) is 5.54. The second-order valence-corrected chi connectivity index (χ2v) is 7.02. The van der Waals surface area contributed by atoms with Gasteiger partial charge in [-0.05, 0) is 68.1 Å². The molecule has 1 aliphatic carbocycles. The summed E-state index contributed by atoms with van der Waals surface area (Å²) in [6.07, 6.45) is 8.74. The average molecular weight is 328 g/mol. The molecule has 1 fully saturated rings. The molecule has 1 aromatic rings. The molecule has 0 bridgehead atoms. The van der Waals surface area contributed by atoms with Crippen molar-refractivity contribution in [2.75, 3.05) is 13.1 Å². The van der Waals surface area contributed by atoms with E-state index in [1.807, 2.05) is 0 Å². The maximum absolute atomic E-state index is 12.4. The molecule has 1 aliphatic heterocycles. The second-order valence-electron chi connectivity index (χ2n) is 7.02. The van der Waals surface area contributed by atoms with Crippen molar-refractivity contribution in [2.24, 2.45) is 0 Å². The number of hydrogen-bond acceptors (Lipinski definition) is 2. The number of fused-ring (bicyclic) bond motifs is 1. The molecule has 24 heavy (non-hydrogen) atoms. The first-order valence-electron chi connectivity index (χ1n) is 9.40. The van der Waals surface area contributed by atoms with E-state index >= 15 is 0 Å². The summed E-state index contributed by atoms with van der Waals surface area (Å²) in [6, 6.07) is 6.46. The Morgan fingerprint density at radius 2 is 1.75 bits per heavy atom. The number of hydrogen-bond donors (Lipinski definition) is 1. The zero-order valence-electron chi connectivity index (χ0n) is 14.6. The SMILES string of the molecule is CCC(NC(=O)C(=O)N1CCCCC1)c1ccc2c(c1)CCCC2. The van der Waals surface area contributed by atoms with Crippen molar-refractivity contribution in [3.05, 3.63) is 34.9 Å². The Morgan fingerprint density at radius 1 is 1.04 bits per heavy atom. The van der Waals surface area contributed by atoms with Gasteiger partial charge in [-0.3, -0.25) is 9.59 Å². The van der Waals surface area contributed by atoms with E-state index in [2.05, 4.69) is 30.4 Å². The minimum absolute atomic E-state index is 0.0848. The van der Waals surface area contributed by atoms with Gasteiger partial charge in [0, 0.05) is 13.1 Å². The molecular formula is C20H28N2O2. The molecule has 130 valence electrons. The van der Waals surface area contributed by atoms with Crippen molar-refractivity contribution in [3.63, 3.8) is 0 Å². The Balaban J connectivity index is 1.67. The third kappa shape index (κ3) is 3.80. The van der Waals surface area contributed by atoms with Gasteiger partial charge in [0.2, 0.25) is 0 Å². The number of likely N-dealkylation sites (tertiary alicyclic amines) is 1. The van der Waals surface area contributed by atoms with E-state index in [-0.39, 0.29) is 11.9 Å². The fourth-order valence-electron chi connectivity index (χ4n) is 3.85. The van der Waals surface area contributed by atoms with Crippen molar-refractivity contribution in [2.45, 2.75) is 64.3 Å². The Morgan fingerprint density at radius 3 is 2.46 bits per heavy atom. The van der Waals surface area contributed by atoms with Crippen LogP contribution in [0.3, 0.4) is 0 Å². The summed E-state index contributed by atoms with van der Waals surface area (Å²) in [4.78, 5) is 26.4. The van der Waals surface area contributed by atoms with E-state index < -0.39 is 5.91 Å². The first-order chi connectivity index (χ1) is 11.7. The molecule has 0 spiro atoms. The quantitative estimate of drug-likeness (QED) is 0.867. The highest BCUT2D eigenvalue weighted by molar-refractivity contribution is 6.35. The van der Waals surface area contributed by atoms with Crippen LogP contribution < -0.4 is 5.32 Å². The van der Waals surface area contributed by atoms with Gasteiger partial charge in [-0.2, -0.15) is 0 Å². The molecule has 1 atom stereocenters. The summed E-state index contributed by atoms with van der Waals surface area (Å²) in [5.74, 6) is -0.826. The summed E-state index contributed by atoms with van der Waals surface area (Å²) in [5.41, 5.74) is 3.97. The van der Waals surface area contributed by atoms with Gasteiger partial charge in [-0.15, -0.1) is 0 Å². The fourth-order valence-corrected chi connectivity index (χ4v) is 3.85. The van der Waals surface area contributed by atoms with Crippen LogP contribution in [0, 0.1) is 0 Å². The number of amides is 2. The van der Waals surface area contributed by atoms with Crippen molar-refractivity contribution in [3.8, 4) is 0 Å². The van der Waals surface area contributed by atoms with Crippen LogP contribution in [0.15, 0.2) is 18.2 Å². The average Bonchev–Trinajstić information content (AvgIpc) is 2.65. The molecule has 3 rings (SSSR count). The number of rotatable bonds is 3. The first kappa shape index (κ1) is 17.0. The lowest BCUT2D eigenvalue weighted by Gasteiger charge is -2.27. The Hall–Kier alpha value is -1.84. The van der Waals surface area contributed by atoms with Gasteiger partial charge in [0.05, 0.1) is 6.04 Å². The molecule has 1 N–H and O–H groups in total. The van der Waals surface area contributed by atoms with Gasteiger partial charge < -0.3 is 10.2 Å². The minimum Gasteiger partial charge on any atom is -0.341 e. The number of benzene rings is 1. The highest BCUT2D eigenvalue weighted by atomic mass is 16.2. The molecule has 0 aromatic heterocycles. The largest absolute Gasteiger partial charge is 0.341 e. The number of nitrogens with zero attached hydrogens (tertiary/aromatic N) is 1. The summed E-state index contributed by atoms with van der Waals surface area (Å²) in [5, 5.41) is 2.96. The monoisotopic (exact) mass is 328 g/mol. The lowest BCUT2D eigenvalue weighted by Crippen LogP contribution is -2.46. The molecule has 1 aromatic carbocycles. The maximum Gasteiger partial charge on any atom is 0.311 e. The number of carbonyl (C=O) groups is 2. The van der Waals surface area contributed by atoms with E-state index in [9.17, 15) is 9.59 Å². The molecule has 1 saturated heterocycles. The van der Waals surface area contributed by atoms with E-state index in [1.54, 1.807) is 4.90 Å². The lowest BCUT2D eigenvalue weighted by molar-refractivity contribution is -0.146. The Bertz CT molecular complexity index is 606. The van der Waals surface area contributed by atoms with Crippen molar-refractivity contribution < 1.29 is 9.59 Å². The lowest BCUT2D eigenvalue weighted by atomic mass is 9.89.